The Kier molecular flexibility index (Phi) is 6.80. The standard InChI is InChI=1S/C18H24N2O4S2/c1-4-12(5-2)16(13-9-7-6-8-10-13)20-17(21)15-11-14(24-3)18(25-15)26(19,22)23/h6-12,16H,4-5H2,1-3H3,(H,20,21)(H2,19,22,23). The first-order valence-electron chi connectivity index (χ1n) is 8.38. The van der Waals surface area contributed by atoms with Gasteiger partial charge in [-0.05, 0) is 11.5 Å². The SMILES string of the molecule is CCC(CC)C(NC(=O)c1cc(OC)c(S(N)(=O)=O)s1)c1ccccc1. The molecule has 1 aromatic heterocycles. The first-order valence-corrected chi connectivity index (χ1v) is 10.7. The van der Waals surface area contributed by atoms with Crippen molar-refractivity contribution in [1.29, 1.82) is 0 Å². The van der Waals surface area contributed by atoms with E-state index < -0.39 is 10.0 Å². The summed E-state index contributed by atoms with van der Waals surface area (Å²) in [5.74, 6) is 0.00585. The van der Waals surface area contributed by atoms with E-state index in [1.54, 1.807) is 0 Å². The summed E-state index contributed by atoms with van der Waals surface area (Å²) in [5, 5.41) is 8.25. The zero-order valence-electron chi connectivity index (χ0n) is 15.1. The molecular weight excluding hydrogens is 372 g/mol. The number of nitrogens with one attached hydrogen (secondary N) is 1. The minimum absolute atomic E-state index is 0.0847. The summed E-state index contributed by atoms with van der Waals surface area (Å²) in [4.78, 5) is 13.0. The van der Waals surface area contributed by atoms with Gasteiger partial charge in [-0.1, -0.05) is 57.0 Å². The van der Waals surface area contributed by atoms with Crippen LogP contribution in [-0.2, 0) is 10.0 Å². The molecule has 2 aromatic rings. The Hall–Kier alpha value is -1.90. The maximum atomic E-state index is 12.8. The third-order valence-electron chi connectivity index (χ3n) is 4.33. The van der Waals surface area contributed by atoms with Crippen LogP contribution in [0.25, 0.3) is 0 Å². The van der Waals surface area contributed by atoms with Crippen LogP contribution in [0.1, 0.15) is 48.0 Å². The van der Waals surface area contributed by atoms with Gasteiger partial charge in [0.1, 0.15) is 0 Å². The minimum atomic E-state index is -3.95. The number of amides is 1. The van der Waals surface area contributed by atoms with Crippen LogP contribution in [-0.4, -0.2) is 21.4 Å². The molecule has 8 heteroatoms. The zero-order chi connectivity index (χ0) is 19.3. The van der Waals surface area contributed by atoms with Crippen LogP contribution in [0.3, 0.4) is 0 Å². The Morgan fingerprint density at radius 3 is 2.31 bits per heavy atom. The fraction of sp³-hybridized carbons (Fsp3) is 0.389. The number of primary sulfonamides is 1. The van der Waals surface area contributed by atoms with Gasteiger partial charge in [0, 0.05) is 6.07 Å². The molecule has 2 rings (SSSR count). The van der Waals surface area contributed by atoms with Crippen LogP contribution in [0.15, 0.2) is 40.6 Å². The monoisotopic (exact) mass is 396 g/mol. The van der Waals surface area contributed by atoms with E-state index in [1.165, 1.54) is 13.2 Å². The Labute approximate surface area is 158 Å². The highest BCUT2D eigenvalue weighted by atomic mass is 32.2. The molecule has 0 aliphatic heterocycles. The highest BCUT2D eigenvalue weighted by Gasteiger charge is 2.26. The normalized spacial score (nSPS) is 12.8. The number of thiophene rings is 1. The lowest BCUT2D eigenvalue weighted by atomic mass is 9.89. The largest absolute Gasteiger partial charge is 0.494 e. The molecule has 0 aliphatic carbocycles. The molecule has 0 fully saturated rings. The van der Waals surface area contributed by atoms with Crippen molar-refractivity contribution >= 4 is 27.3 Å². The van der Waals surface area contributed by atoms with Gasteiger partial charge in [-0.15, -0.1) is 11.3 Å². The van der Waals surface area contributed by atoms with Crippen molar-refractivity contribution in [1.82, 2.24) is 5.32 Å². The van der Waals surface area contributed by atoms with Gasteiger partial charge in [-0.3, -0.25) is 4.79 Å². The summed E-state index contributed by atoms with van der Waals surface area (Å²) in [5.41, 5.74) is 1.02. The van der Waals surface area contributed by atoms with E-state index in [0.29, 0.717) is 0 Å². The molecule has 6 nitrogen and oxygen atoms in total. The van der Waals surface area contributed by atoms with Gasteiger partial charge in [0.05, 0.1) is 18.0 Å². The molecule has 1 unspecified atom stereocenters. The highest BCUT2D eigenvalue weighted by molar-refractivity contribution is 7.91. The van der Waals surface area contributed by atoms with Crippen molar-refractivity contribution in [2.75, 3.05) is 7.11 Å². The molecular formula is C18H24N2O4S2. The fourth-order valence-electron chi connectivity index (χ4n) is 2.92. The third kappa shape index (κ3) is 4.63. The predicted molar refractivity (Wildman–Crippen MR) is 103 cm³/mol. The van der Waals surface area contributed by atoms with E-state index >= 15 is 0 Å². The second-order valence-corrected chi connectivity index (χ2v) is 8.76. The maximum absolute atomic E-state index is 12.8. The van der Waals surface area contributed by atoms with Crippen molar-refractivity contribution < 1.29 is 17.9 Å². The first kappa shape index (κ1) is 20.4. The first-order chi connectivity index (χ1) is 12.3. The van der Waals surface area contributed by atoms with Crippen LogP contribution in [0, 0.1) is 5.92 Å². The Bertz CT molecular complexity index is 843. The number of carbonyl (C=O) groups excluding carboxylic acids is 1. The lowest BCUT2D eigenvalue weighted by Crippen LogP contribution is -2.32. The summed E-state index contributed by atoms with van der Waals surface area (Å²) in [6.45, 7) is 4.17. The summed E-state index contributed by atoms with van der Waals surface area (Å²) >= 11 is 0.813. The summed E-state index contributed by atoms with van der Waals surface area (Å²) in [7, 11) is -2.61. The molecule has 26 heavy (non-hydrogen) atoms. The average molecular weight is 397 g/mol. The van der Waals surface area contributed by atoms with Gasteiger partial charge in [0.15, 0.2) is 9.96 Å². The van der Waals surface area contributed by atoms with Crippen LogP contribution in [0.5, 0.6) is 5.75 Å². The minimum Gasteiger partial charge on any atom is -0.494 e. The number of hydrogen-bond donors (Lipinski definition) is 2. The molecule has 1 aromatic carbocycles. The number of nitrogens with two attached hydrogens (primary N) is 1. The van der Waals surface area contributed by atoms with E-state index in [1.807, 2.05) is 30.3 Å². The van der Waals surface area contributed by atoms with E-state index in [9.17, 15) is 13.2 Å². The molecule has 142 valence electrons. The van der Waals surface area contributed by atoms with E-state index in [-0.39, 0.29) is 32.7 Å². The van der Waals surface area contributed by atoms with Crippen LogP contribution < -0.4 is 15.2 Å². The second-order valence-electron chi connectivity index (χ2n) is 5.95. The maximum Gasteiger partial charge on any atom is 0.262 e. The number of methoxy groups -OCH3 is 1. The Morgan fingerprint density at radius 2 is 1.85 bits per heavy atom. The van der Waals surface area contributed by atoms with Crippen molar-refractivity contribution in [3.05, 3.63) is 46.8 Å². The van der Waals surface area contributed by atoms with Crippen molar-refractivity contribution in [3.63, 3.8) is 0 Å². The summed E-state index contributed by atoms with van der Waals surface area (Å²) in [6.07, 6.45) is 1.82. The quantitative estimate of drug-likeness (QED) is 0.715. The molecule has 1 atom stereocenters. The van der Waals surface area contributed by atoms with Crippen molar-refractivity contribution in [2.24, 2.45) is 11.1 Å². The molecule has 1 amide bonds. The highest BCUT2D eigenvalue weighted by Crippen LogP contribution is 2.34. The number of ether oxygens (including phenoxy) is 1. The average Bonchev–Trinajstić information content (AvgIpc) is 3.07. The van der Waals surface area contributed by atoms with E-state index in [4.69, 9.17) is 9.88 Å². The molecule has 0 spiro atoms. The predicted octanol–water partition coefficient (Wildman–Crippen LogP) is 3.31. The molecule has 3 N–H and O–H groups in total. The number of rotatable bonds is 8. The van der Waals surface area contributed by atoms with Crippen LogP contribution in [0.2, 0.25) is 0 Å². The fourth-order valence-corrected chi connectivity index (χ4v) is 4.83. The van der Waals surface area contributed by atoms with Gasteiger partial charge in [0.2, 0.25) is 0 Å². The number of hydrogen-bond acceptors (Lipinski definition) is 5. The van der Waals surface area contributed by atoms with Gasteiger partial charge in [0.25, 0.3) is 15.9 Å². The molecule has 0 aliphatic rings. The van der Waals surface area contributed by atoms with Gasteiger partial charge in [-0.2, -0.15) is 0 Å². The van der Waals surface area contributed by atoms with Crippen LogP contribution in [0.4, 0.5) is 0 Å². The zero-order valence-corrected chi connectivity index (χ0v) is 16.7. The molecule has 1 heterocycles. The van der Waals surface area contributed by atoms with E-state index in [2.05, 4.69) is 19.2 Å². The van der Waals surface area contributed by atoms with E-state index in [0.717, 1.165) is 29.7 Å². The lowest BCUT2D eigenvalue weighted by Gasteiger charge is -2.26. The van der Waals surface area contributed by atoms with Crippen molar-refractivity contribution in [3.8, 4) is 5.75 Å². The topological polar surface area (TPSA) is 98.5 Å². The number of carbonyl (C=O) groups is 1. The number of sulfonamides is 1. The number of benzene rings is 1. The summed E-state index contributed by atoms with van der Waals surface area (Å²) < 4.78 is 28.2. The molecule has 0 bridgehead atoms. The Morgan fingerprint density at radius 1 is 1.23 bits per heavy atom. The molecule has 0 saturated heterocycles. The van der Waals surface area contributed by atoms with Gasteiger partial charge < -0.3 is 10.1 Å². The molecule has 0 radical (unpaired) electrons. The Balaban J connectivity index is 2.34. The third-order valence-corrected chi connectivity index (χ3v) is 6.91. The second kappa shape index (κ2) is 8.66. The lowest BCUT2D eigenvalue weighted by molar-refractivity contribution is 0.0923. The van der Waals surface area contributed by atoms with Crippen molar-refractivity contribution in [2.45, 2.75) is 36.9 Å². The summed E-state index contributed by atoms with van der Waals surface area (Å²) in [6, 6.07) is 11.0. The molecule has 0 saturated carbocycles. The van der Waals surface area contributed by atoms with Gasteiger partial charge >= 0.3 is 0 Å². The smallest absolute Gasteiger partial charge is 0.262 e. The van der Waals surface area contributed by atoms with Crippen LogP contribution >= 0.6 is 11.3 Å². The van der Waals surface area contributed by atoms with Gasteiger partial charge in [-0.25, -0.2) is 13.6 Å².